The molecule has 0 bridgehead atoms. The Balaban J connectivity index is 2.40. The molecule has 14 heavy (non-hydrogen) atoms. The third kappa shape index (κ3) is 1.69. The van der Waals surface area contributed by atoms with Crippen molar-refractivity contribution in [3.05, 3.63) is 18.2 Å². The minimum Gasteiger partial charge on any atom is -0.495 e. The van der Waals surface area contributed by atoms with Gasteiger partial charge in [-0.3, -0.25) is 0 Å². The summed E-state index contributed by atoms with van der Waals surface area (Å²) in [5.74, 6) is 0.936. The number of hydrogen-bond donors (Lipinski definition) is 1. The first-order chi connectivity index (χ1) is 6.62. The van der Waals surface area contributed by atoms with Crippen molar-refractivity contribution in [1.82, 2.24) is 0 Å². The summed E-state index contributed by atoms with van der Waals surface area (Å²) < 4.78 is 5.57. The molecule has 0 spiro atoms. The molecule has 1 aliphatic rings. The number of para-hydroxylation sites is 1. The minimum atomic E-state index is 0.263. The van der Waals surface area contributed by atoms with Crippen molar-refractivity contribution >= 4 is 17.4 Å². The van der Waals surface area contributed by atoms with Crippen molar-refractivity contribution in [2.45, 2.75) is 23.5 Å². The molecule has 0 saturated heterocycles. The number of rotatable bonds is 1. The summed E-state index contributed by atoms with van der Waals surface area (Å²) in [5.41, 5.74) is 1.14. The maximum Gasteiger partial charge on any atom is 0.143 e. The van der Waals surface area contributed by atoms with Crippen molar-refractivity contribution in [3.63, 3.8) is 0 Å². The van der Waals surface area contributed by atoms with E-state index in [1.165, 1.54) is 4.90 Å². The summed E-state index contributed by atoms with van der Waals surface area (Å²) in [6, 6.07) is 6.16. The van der Waals surface area contributed by atoms with Gasteiger partial charge < -0.3 is 10.1 Å². The van der Waals surface area contributed by atoms with Gasteiger partial charge in [-0.1, -0.05) is 6.07 Å². The van der Waals surface area contributed by atoms with Crippen LogP contribution in [0.1, 0.15) is 13.8 Å². The zero-order valence-corrected chi connectivity index (χ0v) is 9.57. The van der Waals surface area contributed by atoms with Crippen LogP contribution >= 0.6 is 11.8 Å². The van der Waals surface area contributed by atoms with Gasteiger partial charge in [0.1, 0.15) is 5.75 Å². The Labute approximate surface area is 89.0 Å². The first-order valence-electron chi connectivity index (χ1n) is 4.72. The molecule has 0 amide bonds. The summed E-state index contributed by atoms with van der Waals surface area (Å²) in [6.07, 6.45) is 0. The van der Waals surface area contributed by atoms with E-state index in [0.717, 1.165) is 18.0 Å². The molecule has 1 aromatic carbocycles. The van der Waals surface area contributed by atoms with Crippen molar-refractivity contribution in [2.24, 2.45) is 0 Å². The predicted molar refractivity (Wildman–Crippen MR) is 61.4 cm³/mol. The average Bonchev–Trinajstić information content (AvgIpc) is 2.15. The lowest BCUT2D eigenvalue weighted by Crippen LogP contribution is -2.30. The van der Waals surface area contributed by atoms with E-state index in [1.54, 1.807) is 7.11 Å². The van der Waals surface area contributed by atoms with E-state index in [-0.39, 0.29) is 4.75 Å². The maximum atomic E-state index is 5.30. The van der Waals surface area contributed by atoms with E-state index in [1.807, 2.05) is 23.9 Å². The SMILES string of the molecule is COc1cccc2c1NCC(C)(C)S2. The third-order valence-electron chi connectivity index (χ3n) is 2.29. The van der Waals surface area contributed by atoms with Gasteiger partial charge in [0.05, 0.1) is 12.8 Å². The van der Waals surface area contributed by atoms with Gasteiger partial charge in [0.2, 0.25) is 0 Å². The Bertz CT molecular complexity index is 349. The number of thioether (sulfide) groups is 1. The Kier molecular flexibility index (Phi) is 2.35. The summed E-state index contributed by atoms with van der Waals surface area (Å²) >= 11 is 1.90. The summed E-state index contributed by atoms with van der Waals surface area (Å²) in [7, 11) is 1.71. The van der Waals surface area contributed by atoms with Crippen molar-refractivity contribution in [3.8, 4) is 5.75 Å². The van der Waals surface area contributed by atoms with Gasteiger partial charge in [-0.15, -0.1) is 11.8 Å². The van der Waals surface area contributed by atoms with E-state index in [9.17, 15) is 0 Å². The molecule has 0 aromatic heterocycles. The van der Waals surface area contributed by atoms with E-state index in [0.29, 0.717) is 0 Å². The molecule has 0 saturated carbocycles. The Morgan fingerprint density at radius 1 is 1.43 bits per heavy atom. The highest BCUT2D eigenvalue weighted by Gasteiger charge is 2.27. The van der Waals surface area contributed by atoms with Crippen LogP contribution in [0, 0.1) is 0 Å². The Morgan fingerprint density at radius 3 is 2.93 bits per heavy atom. The lowest BCUT2D eigenvalue weighted by molar-refractivity contribution is 0.415. The highest BCUT2D eigenvalue weighted by Crippen LogP contribution is 2.44. The van der Waals surface area contributed by atoms with Crippen molar-refractivity contribution < 1.29 is 4.74 Å². The van der Waals surface area contributed by atoms with Crippen LogP contribution in [-0.4, -0.2) is 18.4 Å². The van der Waals surface area contributed by atoms with E-state index in [2.05, 4.69) is 25.2 Å². The lowest BCUT2D eigenvalue weighted by Gasteiger charge is -2.32. The number of nitrogens with one attached hydrogen (secondary N) is 1. The largest absolute Gasteiger partial charge is 0.495 e. The second kappa shape index (κ2) is 3.39. The average molecular weight is 209 g/mol. The first kappa shape index (κ1) is 9.71. The number of anilines is 1. The molecular formula is C11H15NOS. The van der Waals surface area contributed by atoms with Gasteiger partial charge in [-0.05, 0) is 26.0 Å². The van der Waals surface area contributed by atoms with Crippen LogP contribution in [0.3, 0.4) is 0 Å². The predicted octanol–water partition coefficient (Wildman–Crippen LogP) is 2.99. The fourth-order valence-electron chi connectivity index (χ4n) is 1.58. The van der Waals surface area contributed by atoms with E-state index < -0.39 is 0 Å². The van der Waals surface area contributed by atoms with Crippen LogP contribution in [0.25, 0.3) is 0 Å². The lowest BCUT2D eigenvalue weighted by atomic mass is 10.2. The van der Waals surface area contributed by atoms with Gasteiger partial charge >= 0.3 is 0 Å². The quantitative estimate of drug-likeness (QED) is 0.768. The fourth-order valence-corrected chi connectivity index (χ4v) is 2.74. The number of fused-ring (bicyclic) bond motifs is 1. The summed E-state index contributed by atoms with van der Waals surface area (Å²) in [6.45, 7) is 5.46. The molecular weight excluding hydrogens is 194 g/mol. The summed E-state index contributed by atoms with van der Waals surface area (Å²) in [4.78, 5) is 1.28. The van der Waals surface area contributed by atoms with Crippen LogP contribution in [-0.2, 0) is 0 Å². The second-order valence-electron chi connectivity index (χ2n) is 4.05. The highest BCUT2D eigenvalue weighted by molar-refractivity contribution is 8.00. The zero-order valence-electron chi connectivity index (χ0n) is 8.76. The molecule has 2 nitrogen and oxygen atoms in total. The molecule has 1 heterocycles. The topological polar surface area (TPSA) is 21.3 Å². The van der Waals surface area contributed by atoms with Crippen molar-refractivity contribution in [1.29, 1.82) is 0 Å². The maximum absolute atomic E-state index is 5.30. The second-order valence-corrected chi connectivity index (χ2v) is 5.80. The van der Waals surface area contributed by atoms with Crippen LogP contribution in [0.4, 0.5) is 5.69 Å². The molecule has 1 N–H and O–H groups in total. The van der Waals surface area contributed by atoms with Gasteiger partial charge in [0.25, 0.3) is 0 Å². The molecule has 0 aliphatic carbocycles. The summed E-state index contributed by atoms with van der Waals surface area (Å²) in [5, 5.41) is 3.43. The normalized spacial score (nSPS) is 18.2. The zero-order chi connectivity index (χ0) is 10.2. The Hall–Kier alpha value is -0.830. The minimum absolute atomic E-state index is 0.263. The number of methoxy groups -OCH3 is 1. The fraction of sp³-hybridized carbons (Fsp3) is 0.455. The molecule has 0 radical (unpaired) electrons. The van der Waals surface area contributed by atoms with Crippen LogP contribution in [0.5, 0.6) is 5.75 Å². The van der Waals surface area contributed by atoms with Crippen LogP contribution in [0.2, 0.25) is 0 Å². The van der Waals surface area contributed by atoms with Gasteiger partial charge in [0.15, 0.2) is 0 Å². The Morgan fingerprint density at radius 2 is 2.21 bits per heavy atom. The highest BCUT2D eigenvalue weighted by atomic mass is 32.2. The first-order valence-corrected chi connectivity index (χ1v) is 5.54. The standard InChI is InChI=1S/C11H15NOS/c1-11(2)7-12-10-8(13-3)5-4-6-9(10)14-11/h4-6,12H,7H2,1-3H3. The number of ether oxygens (including phenoxy) is 1. The third-order valence-corrected chi connectivity index (χ3v) is 3.54. The number of hydrogen-bond acceptors (Lipinski definition) is 3. The van der Waals surface area contributed by atoms with Gasteiger partial charge in [-0.2, -0.15) is 0 Å². The molecule has 2 rings (SSSR count). The molecule has 76 valence electrons. The van der Waals surface area contributed by atoms with Gasteiger partial charge in [-0.25, -0.2) is 0 Å². The molecule has 1 aromatic rings. The van der Waals surface area contributed by atoms with E-state index in [4.69, 9.17) is 4.74 Å². The van der Waals surface area contributed by atoms with Gasteiger partial charge in [0, 0.05) is 16.2 Å². The number of benzene rings is 1. The smallest absolute Gasteiger partial charge is 0.143 e. The van der Waals surface area contributed by atoms with E-state index >= 15 is 0 Å². The monoisotopic (exact) mass is 209 g/mol. The van der Waals surface area contributed by atoms with Crippen molar-refractivity contribution in [2.75, 3.05) is 19.0 Å². The molecule has 0 atom stereocenters. The molecule has 3 heteroatoms. The van der Waals surface area contributed by atoms with Crippen LogP contribution in [0.15, 0.2) is 23.1 Å². The molecule has 1 aliphatic heterocycles. The molecule has 0 fully saturated rings. The molecule has 0 unspecified atom stereocenters. The van der Waals surface area contributed by atoms with Crippen LogP contribution < -0.4 is 10.1 Å².